The van der Waals surface area contributed by atoms with E-state index in [4.69, 9.17) is 4.74 Å². The molecular weight excluding hydrogens is 280 g/mol. The summed E-state index contributed by atoms with van der Waals surface area (Å²) in [5.41, 5.74) is 1.50. The number of aliphatic hydroxyl groups is 1. The Hall–Kier alpha value is -2.40. The minimum absolute atomic E-state index is 0.120. The van der Waals surface area contributed by atoms with Gasteiger partial charge >= 0.3 is 0 Å². The minimum Gasteiger partial charge on any atom is -0.478 e. The SMILES string of the molecule is CCOc1ccc(C(=O)N[C@@H](CO)Cc2ccccc2)cn1. The highest BCUT2D eigenvalue weighted by atomic mass is 16.5. The molecule has 2 rings (SSSR count). The average Bonchev–Trinajstić information content (AvgIpc) is 2.56. The predicted octanol–water partition coefficient (Wildman–Crippen LogP) is 1.81. The summed E-state index contributed by atoms with van der Waals surface area (Å²) in [6.07, 6.45) is 2.05. The number of nitrogens with zero attached hydrogens (tertiary/aromatic N) is 1. The summed E-state index contributed by atoms with van der Waals surface area (Å²) in [5.74, 6) is 0.229. The Morgan fingerprint density at radius 1 is 1.27 bits per heavy atom. The van der Waals surface area contributed by atoms with Crippen LogP contribution in [0.15, 0.2) is 48.7 Å². The van der Waals surface area contributed by atoms with Crippen LogP contribution in [0.4, 0.5) is 0 Å². The number of hydrogen-bond donors (Lipinski definition) is 2. The molecule has 0 fully saturated rings. The van der Waals surface area contributed by atoms with Crippen LogP contribution in [-0.2, 0) is 6.42 Å². The highest BCUT2D eigenvalue weighted by molar-refractivity contribution is 5.94. The second-order valence-corrected chi connectivity index (χ2v) is 4.86. The molecule has 1 aromatic carbocycles. The Balaban J connectivity index is 1.96. The molecule has 1 heterocycles. The minimum atomic E-state index is -0.332. The number of ether oxygens (including phenoxy) is 1. The molecule has 0 aliphatic rings. The lowest BCUT2D eigenvalue weighted by atomic mass is 10.1. The fraction of sp³-hybridized carbons (Fsp3) is 0.294. The first-order chi connectivity index (χ1) is 10.7. The zero-order valence-electron chi connectivity index (χ0n) is 12.5. The van der Waals surface area contributed by atoms with Gasteiger partial charge in [-0.25, -0.2) is 4.98 Å². The highest BCUT2D eigenvalue weighted by Gasteiger charge is 2.14. The van der Waals surface area contributed by atoms with Crippen molar-refractivity contribution >= 4 is 5.91 Å². The predicted molar refractivity (Wildman–Crippen MR) is 83.9 cm³/mol. The van der Waals surface area contributed by atoms with Crippen LogP contribution in [0.3, 0.4) is 0 Å². The first-order valence-corrected chi connectivity index (χ1v) is 7.27. The maximum atomic E-state index is 12.2. The topological polar surface area (TPSA) is 71.5 Å². The van der Waals surface area contributed by atoms with E-state index >= 15 is 0 Å². The quantitative estimate of drug-likeness (QED) is 0.818. The Morgan fingerprint density at radius 2 is 2.05 bits per heavy atom. The van der Waals surface area contributed by atoms with Crippen LogP contribution in [0, 0.1) is 0 Å². The summed E-state index contributed by atoms with van der Waals surface area (Å²) in [4.78, 5) is 16.2. The number of aliphatic hydroxyl groups excluding tert-OH is 1. The second-order valence-electron chi connectivity index (χ2n) is 4.86. The van der Waals surface area contributed by atoms with Crippen LogP contribution in [0.5, 0.6) is 5.88 Å². The maximum absolute atomic E-state index is 12.2. The Labute approximate surface area is 130 Å². The molecule has 0 radical (unpaired) electrons. The first kappa shape index (κ1) is 16.0. The van der Waals surface area contributed by atoms with Gasteiger partial charge in [0.05, 0.1) is 24.8 Å². The number of rotatable bonds is 7. The molecular formula is C17H20N2O3. The molecule has 22 heavy (non-hydrogen) atoms. The third-order valence-corrected chi connectivity index (χ3v) is 3.17. The van der Waals surface area contributed by atoms with Crippen LogP contribution < -0.4 is 10.1 Å². The van der Waals surface area contributed by atoms with Crippen molar-refractivity contribution in [2.45, 2.75) is 19.4 Å². The largest absolute Gasteiger partial charge is 0.478 e. The van der Waals surface area contributed by atoms with Gasteiger partial charge in [-0.1, -0.05) is 30.3 Å². The van der Waals surface area contributed by atoms with Gasteiger partial charge in [-0.05, 0) is 25.0 Å². The lowest BCUT2D eigenvalue weighted by Crippen LogP contribution is -2.39. The summed E-state index contributed by atoms with van der Waals surface area (Å²) >= 11 is 0. The zero-order chi connectivity index (χ0) is 15.8. The van der Waals surface area contributed by atoms with Gasteiger partial charge in [-0.3, -0.25) is 4.79 Å². The van der Waals surface area contributed by atoms with Crippen molar-refractivity contribution in [3.8, 4) is 5.88 Å². The fourth-order valence-electron chi connectivity index (χ4n) is 2.08. The molecule has 1 atom stereocenters. The van der Waals surface area contributed by atoms with E-state index in [1.165, 1.54) is 6.20 Å². The molecule has 2 aromatic rings. The summed E-state index contributed by atoms with van der Waals surface area (Å²) in [7, 11) is 0. The van der Waals surface area contributed by atoms with Crippen LogP contribution in [0.25, 0.3) is 0 Å². The van der Waals surface area contributed by atoms with Gasteiger partial charge < -0.3 is 15.2 Å². The van der Waals surface area contributed by atoms with Gasteiger partial charge in [0.2, 0.25) is 5.88 Å². The van der Waals surface area contributed by atoms with Crippen molar-refractivity contribution in [2.75, 3.05) is 13.2 Å². The Bertz CT molecular complexity index is 585. The second kappa shape index (κ2) is 8.14. The standard InChI is InChI=1S/C17H20N2O3/c1-2-22-16-9-8-14(11-18-16)17(21)19-15(12-20)10-13-6-4-3-5-7-13/h3-9,11,15,20H,2,10,12H2,1H3,(H,19,21)/t15-/m1/s1. The molecule has 5 heteroatoms. The molecule has 0 saturated heterocycles. The molecule has 0 saturated carbocycles. The number of carbonyl (C=O) groups excluding carboxylic acids is 1. The van der Waals surface area contributed by atoms with Crippen LogP contribution >= 0.6 is 0 Å². The number of aromatic nitrogens is 1. The van der Waals surface area contributed by atoms with E-state index in [1.54, 1.807) is 12.1 Å². The van der Waals surface area contributed by atoms with Crippen molar-refractivity contribution in [3.63, 3.8) is 0 Å². The number of amides is 1. The number of benzene rings is 1. The van der Waals surface area contributed by atoms with E-state index < -0.39 is 0 Å². The molecule has 0 bridgehead atoms. The first-order valence-electron chi connectivity index (χ1n) is 7.27. The van der Waals surface area contributed by atoms with Crippen molar-refractivity contribution < 1.29 is 14.6 Å². The van der Waals surface area contributed by atoms with Gasteiger partial charge in [0.15, 0.2) is 0 Å². The third kappa shape index (κ3) is 4.56. The Morgan fingerprint density at radius 3 is 2.64 bits per heavy atom. The van der Waals surface area contributed by atoms with Crippen molar-refractivity contribution in [3.05, 3.63) is 59.8 Å². The van der Waals surface area contributed by atoms with Crippen molar-refractivity contribution in [2.24, 2.45) is 0 Å². The Kier molecular flexibility index (Phi) is 5.91. The van der Waals surface area contributed by atoms with E-state index in [0.717, 1.165) is 5.56 Å². The smallest absolute Gasteiger partial charge is 0.253 e. The normalized spacial score (nSPS) is 11.7. The van der Waals surface area contributed by atoms with Crippen molar-refractivity contribution in [1.82, 2.24) is 10.3 Å². The fourth-order valence-corrected chi connectivity index (χ4v) is 2.08. The number of carbonyl (C=O) groups is 1. The van der Waals surface area contributed by atoms with Gasteiger partial charge in [-0.15, -0.1) is 0 Å². The van der Waals surface area contributed by atoms with Gasteiger partial charge in [0.25, 0.3) is 5.91 Å². The van der Waals surface area contributed by atoms with Crippen LogP contribution in [0.2, 0.25) is 0 Å². The monoisotopic (exact) mass is 300 g/mol. The average molecular weight is 300 g/mol. The molecule has 0 aliphatic carbocycles. The molecule has 0 spiro atoms. The summed E-state index contributed by atoms with van der Waals surface area (Å²) in [5, 5.41) is 12.3. The summed E-state index contributed by atoms with van der Waals surface area (Å²) < 4.78 is 5.24. The van der Waals surface area contributed by atoms with Crippen molar-refractivity contribution in [1.29, 1.82) is 0 Å². The van der Waals surface area contributed by atoms with Gasteiger partial charge in [0.1, 0.15) is 0 Å². The summed E-state index contributed by atoms with van der Waals surface area (Å²) in [6.45, 7) is 2.28. The molecule has 1 amide bonds. The van der Waals surface area contributed by atoms with Gasteiger partial charge in [0, 0.05) is 12.3 Å². The van der Waals surface area contributed by atoms with E-state index in [1.807, 2.05) is 37.3 Å². The lowest BCUT2D eigenvalue weighted by Gasteiger charge is -2.16. The maximum Gasteiger partial charge on any atom is 0.253 e. The molecule has 1 aromatic heterocycles. The lowest BCUT2D eigenvalue weighted by molar-refractivity contribution is 0.0916. The molecule has 0 unspecified atom stereocenters. The molecule has 2 N–H and O–H groups in total. The summed E-state index contributed by atoms with van der Waals surface area (Å²) in [6, 6.07) is 12.7. The highest BCUT2D eigenvalue weighted by Crippen LogP contribution is 2.08. The number of pyridine rings is 1. The molecule has 5 nitrogen and oxygen atoms in total. The van der Waals surface area contributed by atoms with Crippen LogP contribution in [0.1, 0.15) is 22.8 Å². The number of hydrogen-bond acceptors (Lipinski definition) is 4. The number of nitrogens with one attached hydrogen (secondary N) is 1. The van der Waals surface area contributed by atoms with E-state index in [0.29, 0.717) is 24.5 Å². The zero-order valence-corrected chi connectivity index (χ0v) is 12.5. The van der Waals surface area contributed by atoms with E-state index in [9.17, 15) is 9.90 Å². The molecule has 116 valence electrons. The van der Waals surface area contributed by atoms with E-state index in [-0.39, 0.29) is 18.6 Å². The molecule has 0 aliphatic heterocycles. The van der Waals surface area contributed by atoms with E-state index in [2.05, 4.69) is 10.3 Å². The third-order valence-electron chi connectivity index (χ3n) is 3.17. The van der Waals surface area contributed by atoms with Crippen LogP contribution in [-0.4, -0.2) is 35.3 Å². The van der Waals surface area contributed by atoms with Gasteiger partial charge in [-0.2, -0.15) is 0 Å².